The zero-order valence-corrected chi connectivity index (χ0v) is 11.3. The van der Waals surface area contributed by atoms with Gasteiger partial charge in [0, 0.05) is 11.4 Å². The maximum atomic E-state index is 5.82. The Hall–Kier alpha value is -1.32. The van der Waals surface area contributed by atoms with Gasteiger partial charge < -0.3 is 10.5 Å². The van der Waals surface area contributed by atoms with Gasteiger partial charge in [0.1, 0.15) is 5.75 Å². The molecule has 2 heterocycles. The molecule has 1 aliphatic rings. The summed E-state index contributed by atoms with van der Waals surface area (Å²) in [5.74, 6) is 1.05. The average Bonchev–Trinajstić information content (AvgIpc) is 2.79. The number of nitrogens with two attached hydrogens (primary N) is 1. The smallest absolute Gasteiger partial charge is 0.122 e. The Kier molecular flexibility index (Phi) is 3.10. The third-order valence-corrected chi connectivity index (χ3v) is 4.43. The van der Waals surface area contributed by atoms with Gasteiger partial charge in [-0.25, -0.2) is 0 Å². The Morgan fingerprint density at radius 2 is 2.28 bits per heavy atom. The van der Waals surface area contributed by atoms with E-state index in [1.54, 1.807) is 11.3 Å². The van der Waals surface area contributed by atoms with Gasteiger partial charge in [-0.15, -0.1) is 11.3 Å². The molecule has 2 nitrogen and oxygen atoms in total. The first-order valence-electron chi connectivity index (χ1n) is 6.32. The third kappa shape index (κ3) is 1.93. The van der Waals surface area contributed by atoms with Gasteiger partial charge in [0.15, 0.2) is 0 Å². The minimum atomic E-state index is 0.604. The van der Waals surface area contributed by atoms with Crippen molar-refractivity contribution in [3.63, 3.8) is 0 Å². The van der Waals surface area contributed by atoms with Crippen LogP contribution in [-0.2, 0) is 13.0 Å². The number of thiophene rings is 1. The van der Waals surface area contributed by atoms with E-state index in [0.29, 0.717) is 6.54 Å². The molecule has 3 rings (SSSR count). The lowest BCUT2D eigenvalue weighted by Crippen LogP contribution is -2.08. The molecule has 0 aliphatic carbocycles. The summed E-state index contributed by atoms with van der Waals surface area (Å²) in [5, 5.41) is 2.17. The second-order valence-electron chi connectivity index (χ2n) is 4.67. The maximum Gasteiger partial charge on any atom is 0.122 e. The molecular formula is C15H17NOS. The summed E-state index contributed by atoms with van der Waals surface area (Å²) >= 11 is 1.78. The fraction of sp³-hybridized carbons (Fsp3) is 0.333. The van der Waals surface area contributed by atoms with Crippen molar-refractivity contribution < 1.29 is 4.74 Å². The molecule has 3 heteroatoms. The lowest BCUT2D eigenvalue weighted by Gasteiger charge is -2.18. The van der Waals surface area contributed by atoms with Gasteiger partial charge >= 0.3 is 0 Å². The Bertz CT molecular complexity index is 574. The van der Waals surface area contributed by atoms with Crippen molar-refractivity contribution in [1.29, 1.82) is 0 Å². The summed E-state index contributed by atoms with van der Waals surface area (Å²) in [6.45, 7) is 3.61. The van der Waals surface area contributed by atoms with E-state index in [9.17, 15) is 0 Å². The largest absolute Gasteiger partial charge is 0.493 e. The van der Waals surface area contributed by atoms with E-state index < -0.39 is 0 Å². The van der Waals surface area contributed by atoms with Crippen LogP contribution < -0.4 is 10.5 Å². The molecule has 0 atom stereocenters. The minimum Gasteiger partial charge on any atom is -0.493 e. The first-order chi connectivity index (χ1) is 8.79. The molecule has 18 heavy (non-hydrogen) atoms. The Labute approximate surface area is 111 Å². The first-order valence-corrected chi connectivity index (χ1v) is 7.20. The van der Waals surface area contributed by atoms with Crippen LogP contribution in [0.25, 0.3) is 11.1 Å². The van der Waals surface area contributed by atoms with Crippen molar-refractivity contribution in [1.82, 2.24) is 0 Å². The molecule has 0 unspecified atom stereocenters. The molecule has 0 spiro atoms. The van der Waals surface area contributed by atoms with Crippen molar-refractivity contribution in [3.8, 4) is 16.9 Å². The van der Waals surface area contributed by atoms with Crippen LogP contribution in [0.3, 0.4) is 0 Å². The second kappa shape index (κ2) is 4.75. The summed E-state index contributed by atoms with van der Waals surface area (Å²) in [5.41, 5.74) is 11.0. The third-order valence-electron chi connectivity index (χ3n) is 3.47. The van der Waals surface area contributed by atoms with Crippen molar-refractivity contribution >= 4 is 11.3 Å². The second-order valence-corrected chi connectivity index (χ2v) is 5.75. The summed E-state index contributed by atoms with van der Waals surface area (Å²) in [4.78, 5) is 1.34. The molecule has 1 aromatic heterocycles. The first kappa shape index (κ1) is 11.8. The summed E-state index contributed by atoms with van der Waals surface area (Å²) in [7, 11) is 0. The number of aryl methyl sites for hydroxylation is 2. The number of hydrogen-bond acceptors (Lipinski definition) is 3. The SMILES string of the molecule is Cc1scc(CN)c1-c1ccc2c(c1)CCCO2. The van der Waals surface area contributed by atoms with Crippen LogP contribution in [0.1, 0.15) is 22.4 Å². The predicted molar refractivity (Wildman–Crippen MR) is 76.2 cm³/mol. The number of hydrogen-bond donors (Lipinski definition) is 1. The zero-order chi connectivity index (χ0) is 12.5. The number of benzene rings is 1. The Balaban J connectivity index is 2.09. The molecule has 0 amide bonds. The van der Waals surface area contributed by atoms with Crippen molar-refractivity contribution in [2.75, 3.05) is 6.61 Å². The minimum absolute atomic E-state index is 0.604. The molecule has 0 saturated carbocycles. The van der Waals surface area contributed by atoms with E-state index in [2.05, 4.69) is 30.5 Å². The topological polar surface area (TPSA) is 35.2 Å². The van der Waals surface area contributed by atoms with Gasteiger partial charge in [-0.3, -0.25) is 0 Å². The van der Waals surface area contributed by atoms with E-state index in [1.165, 1.54) is 27.1 Å². The van der Waals surface area contributed by atoms with Crippen LogP contribution in [0.15, 0.2) is 23.6 Å². The highest BCUT2D eigenvalue weighted by atomic mass is 32.1. The summed E-state index contributed by atoms with van der Waals surface area (Å²) in [6, 6.07) is 6.52. The molecule has 1 aliphatic heterocycles. The van der Waals surface area contributed by atoms with Crippen LogP contribution in [0.4, 0.5) is 0 Å². The molecular weight excluding hydrogens is 242 g/mol. The van der Waals surface area contributed by atoms with Crippen LogP contribution in [-0.4, -0.2) is 6.61 Å². The normalized spacial score (nSPS) is 14.1. The van der Waals surface area contributed by atoms with E-state index in [-0.39, 0.29) is 0 Å². The van der Waals surface area contributed by atoms with Crippen LogP contribution in [0.5, 0.6) is 5.75 Å². The fourth-order valence-electron chi connectivity index (χ4n) is 2.56. The predicted octanol–water partition coefficient (Wildman–Crippen LogP) is 3.51. The van der Waals surface area contributed by atoms with E-state index in [1.807, 2.05) is 0 Å². The molecule has 0 saturated heterocycles. The van der Waals surface area contributed by atoms with Gasteiger partial charge in [-0.05, 0) is 59.5 Å². The lowest BCUT2D eigenvalue weighted by molar-refractivity contribution is 0.288. The Morgan fingerprint density at radius 3 is 3.11 bits per heavy atom. The highest BCUT2D eigenvalue weighted by molar-refractivity contribution is 7.10. The average molecular weight is 259 g/mol. The molecule has 2 aromatic rings. The molecule has 0 radical (unpaired) electrons. The zero-order valence-electron chi connectivity index (χ0n) is 10.5. The fourth-order valence-corrected chi connectivity index (χ4v) is 3.46. The van der Waals surface area contributed by atoms with E-state index in [0.717, 1.165) is 25.2 Å². The Morgan fingerprint density at radius 1 is 1.39 bits per heavy atom. The van der Waals surface area contributed by atoms with Gasteiger partial charge in [0.2, 0.25) is 0 Å². The van der Waals surface area contributed by atoms with Crippen molar-refractivity contribution in [2.24, 2.45) is 5.73 Å². The van der Waals surface area contributed by atoms with Crippen molar-refractivity contribution in [3.05, 3.63) is 39.6 Å². The molecule has 1 aromatic carbocycles. The van der Waals surface area contributed by atoms with Gasteiger partial charge in [0.05, 0.1) is 6.61 Å². The van der Waals surface area contributed by atoms with Gasteiger partial charge in [0.25, 0.3) is 0 Å². The van der Waals surface area contributed by atoms with E-state index >= 15 is 0 Å². The van der Waals surface area contributed by atoms with Crippen molar-refractivity contribution in [2.45, 2.75) is 26.3 Å². The lowest BCUT2D eigenvalue weighted by atomic mass is 9.97. The van der Waals surface area contributed by atoms with Gasteiger partial charge in [-0.1, -0.05) is 6.07 Å². The monoisotopic (exact) mass is 259 g/mol. The number of ether oxygens (including phenoxy) is 1. The van der Waals surface area contributed by atoms with Crippen LogP contribution in [0, 0.1) is 6.92 Å². The molecule has 0 fully saturated rings. The summed E-state index contributed by atoms with van der Waals surface area (Å²) < 4.78 is 5.66. The quantitative estimate of drug-likeness (QED) is 0.895. The summed E-state index contributed by atoms with van der Waals surface area (Å²) in [6.07, 6.45) is 2.23. The van der Waals surface area contributed by atoms with Gasteiger partial charge in [-0.2, -0.15) is 0 Å². The van der Waals surface area contributed by atoms with E-state index in [4.69, 9.17) is 10.5 Å². The highest BCUT2D eigenvalue weighted by Crippen LogP contribution is 2.35. The number of rotatable bonds is 2. The molecule has 2 N–H and O–H groups in total. The van der Waals surface area contributed by atoms with Crippen LogP contribution in [0.2, 0.25) is 0 Å². The molecule has 0 bridgehead atoms. The standard InChI is InChI=1S/C15H17NOS/c1-10-15(13(8-16)9-18-10)12-4-5-14-11(7-12)3-2-6-17-14/h4-5,7,9H,2-3,6,8,16H2,1H3. The maximum absolute atomic E-state index is 5.82. The van der Waals surface area contributed by atoms with Crippen LogP contribution >= 0.6 is 11.3 Å². The highest BCUT2D eigenvalue weighted by Gasteiger charge is 2.14. The number of fused-ring (bicyclic) bond motifs is 1. The molecule has 94 valence electrons.